The van der Waals surface area contributed by atoms with Gasteiger partial charge in [-0.3, -0.25) is 4.79 Å². The molecule has 1 heterocycles. The molecular weight excluding hydrogens is 422 g/mol. The molecule has 1 amide bonds. The molecule has 1 aromatic rings. The van der Waals surface area contributed by atoms with Crippen molar-refractivity contribution in [2.24, 2.45) is 17.3 Å². The van der Waals surface area contributed by atoms with Crippen molar-refractivity contribution in [3.8, 4) is 0 Å². The van der Waals surface area contributed by atoms with Gasteiger partial charge < -0.3 is 5.32 Å². The van der Waals surface area contributed by atoms with Crippen LogP contribution < -0.4 is 5.32 Å². The SMILES string of the molecule is Cc1nc(Cl)nc(C)c1C(=O)NCC1(CC2CC2)CCC(S(=O)(=O)CC2CC2)CC1. The van der Waals surface area contributed by atoms with Crippen LogP contribution in [0.25, 0.3) is 0 Å². The highest BCUT2D eigenvalue weighted by molar-refractivity contribution is 7.92. The summed E-state index contributed by atoms with van der Waals surface area (Å²) in [7, 11) is -2.99. The van der Waals surface area contributed by atoms with Crippen molar-refractivity contribution in [1.29, 1.82) is 0 Å². The second-order valence-electron chi connectivity index (χ2n) is 9.84. The molecule has 4 rings (SSSR count). The van der Waals surface area contributed by atoms with Gasteiger partial charge in [-0.15, -0.1) is 0 Å². The zero-order valence-electron chi connectivity index (χ0n) is 17.9. The standard InChI is InChI=1S/C22H32ClN3O3S/c1-14-19(15(2)26-21(23)25-14)20(27)24-13-22(11-16-3-4-16)9-7-18(8-10-22)30(28,29)12-17-5-6-17/h16-18H,3-13H2,1-2H3,(H,24,27). The Morgan fingerprint density at radius 3 is 2.13 bits per heavy atom. The van der Waals surface area contributed by atoms with Crippen LogP contribution in [-0.4, -0.2) is 41.8 Å². The summed E-state index contributed by atoms with van der Waals surface area (Å²) in [5.41, 5.74) is 1.64. The Hall–Kier alpha value is -1.21. The summed E-state index contributed by atoms with van der Waals surface area (Å²) in [5.74, 6) is 1.34. The van der Waals surface area contributed by atoms with Gasteiger partial charge in [0.25, 0.3) is 5.91 Å². The zero-order chi connectivity index (χ0) is 21.5. The second-order valence-corrected chi connectivity index (χ2v) is 12.5. The summed E-state index contributed by atoms with van der Waals surface area (Å²) >= 11 is 5.89. The molecule has 3 saturated carbocycles. The molecular formula is C22H32ClN3O3S. The summed E-state index contributed by atoms with van der Waals surface area (Å²) in [5, 5.41) is 3.08. The van der Waals surface area contributed by atoms with E-state index in [2.05, 4.69) is 15.3 Å². The van der Waals surface area contributed by atoms with Crippen LogP contribution in [0.4, 0.5) is 0 Å². The fourth-order valence-electron chi connectivity index (χ4n) is 5.06. The van der Waals surface area contributed by atoms with Crippen molar-refractivity contribution < 1.29 is 13.2 Å². The molecule has 0 aromatic carbocycles. The van der Waals surface area contributed by atoms with E-state index in [1.807, 2.05) is 0 Å². The first-order valence-electron chi connectivity index (χ1n) is 11.2. The highest BCUT2D eigenvalue weighted by atomic mass is 35.5. The van der Waals surface area contributed by atoms with Crippen molar-refractivity contribution in [2.75, 3.05) is 12.3 Å². The summed E-state index contributed by atoms with van der Waals surface area (Å²) in [6, 6.07) is 0. The number of sulfone groups is 1. The van der Waals surface area contributed by atoms with Gasteiger partial charge in [0.1, 0.15) is 0 Å². The summed E-state index contributed by atoms with van der Waals surface area (Å²) in [6.45, 7) is 4.12. The number of hydrogen-bond acceptors (Lipinski definition) is 5. The number of carbonyl (C=O) groups is 1. The van der Waals surface area contributed by atoms with Crippen LogP contribution in [0.5, 0.6) is 0 Å². The van der Waals surface area contributed by atoms with E-state index in [0.717, 1.165) is 50.9 Å². The number of nitrogens with one attached hydrogen (secondary N) is 1. The molecule has 6 nitrogen and oxygen atoms in total. The highest BCUT2D eigenvalue weighted by Crippen LogP contribution is 2.48. The first kappa shape index (κ1) is 22.0. The topological polar surface area (TPSA) is 89.0 Å². The molecule has 0 aliphatic heterocycles. The number of carbonyl (C=O) groups excluding carboxylic acids is 1. The lowest BCUT2D eigenvalue weighted by molar-refractivity contribution is 0.0893. The Morgan fingerprint density at radius 2 is 1.60 bits per heavy atom. The van der Waals surface area contributed by atoms with Crippen LogP contribution in [0.3, 0.4) is 0 Å². The monoisotopic (exact) mass is 453 g/mol. The lowest BCUT2D eigenvalue weighted by Crippen LogP contribution is -2.43. The van der Waals surface area contributed by atoms with Gasteiger partial charge in [-0.2, -0.15) is 0 Å². The van der Waals surface area contributed by atoms with Crippen LogP contribution in [-0.2, 0) is 9.84 Å². The number of hydrogen-bond donors (Lipinski definition) is 1. The number of rotatable bonds is 8. The molecule has 3 fully saturated rings. The molecule has 8 heteroatoms. The molecule has 0 bridgehead atoms. The maximum absolute atomic E-state index is 12.9. The van der Waals surface area contributed by atoms with Crippen molar-refractivity contribution in [3.63, 3.8) is 0 Å². The molecule has 3 aliphatic carbocycles. The van der Waals surface area contributed by atoms with Gasteiger partial charge in [-0.1, -0.05) is 12.8 Å². The second kappa shape index (κ2) is 8.38. The van der Waals surface area contributed by atoms with Crippen LogP contribution in [0, 0.1) is 31.1 Å². The maximum Gasteiger partial charge on any atom is 0.254 e. The third-order valence-corrected chi connectivity index (χ3v) is 9.77. The van der Waals surface area contributed by atoms with E-state index in [9.17, 15) is 13.2 Å². The predicted molar refractivity (Wildman–Crippen MR) is 117 cm³/mol. The molecule has 166 valence electrons. The maximum atomic E-state index is 12.9. The fourth-order valence-corrected chi connectivity index (χ4v) is 7.53. The quantitative estimate of drug-likeness (QED) is 0.600. The van der Waals surface area contributed by atoms with Gasteiger partial charge in [0.05, 0.1) is 28.0 Å². The van der Waals surface area contributed by atoms with E-state index < -0.39 is 9.84 Å². The Bertz CT molecular complexity index is 895. The molecule has 0 unspecified atom stereocenters. The zero-order valence-corrected chi connectivity index (χ0v) is 19.5. The molecule has 0 saturated heterocycles. The number of nitrogens with zero attached hydrogens (tertiary/aromatic N) is 2. The van der Waals surface area contributed by atoms with Crippen LogP contribution in [0.15, 0.2) is 0 Å². The van der Waals surface area contributed by atoms with Gasteiger partial charge in [0, 0.05) is 6.54 Å². The van der Waals surface area contributed by atoms with Crippen LogP contribution in [0.2, 0.25) is 5.28 Å². The predicted octanol–water partition coefficient (Wildman–Crippen LogP) is 4.03. The van der Waals surface area contributed by atoms with E-state index >= 15 is 0 Å². The van der Waals surface area contributed by atoms with Crippen molar-refractivity contribution in [2.45, 2.75) is 76.9 Å². The van der Waals surface area contributed by atoms with Gasteiger partial charge in [0.2, 0.25) is 5.28 Å². The third-order valence-electron chi connectivity index (χ3n) is 7.18. The number of amides is 1. The normalized spacial score (nSPS) is 27.1. The summed E-state index contributed by atoms with van der Waals surface area (Å²) in [6.07, 6.45) is 8.90. The first-order chi connectivity index (χ1) is 14.2. The summed E-state index contributed by atoms with van der Waals surface area (Å²) < 4.78 is 25.5. The molecule has 1 aromatic heterocycles. The average Bonchev–Trinajstić information content (AvgIpc) is 3.57. The van der Waals surface area contributed by atoms with E-state index in [-0.39, 0.29) is 21.9 Å². The minimum Gasteiger partial charge on any atom is -0.351 e. The smallest absolute Gasteiger partial charge is 0.254 e. The third kappa shape index (κ3) is 5.16. The van der Waals surface area contributed by atoms with Crippen LogP contribution in [0.1, 0.15) is 79.5 Å². The number of aromatic nitrogens is 2. The molecule has 3 aliphatic rings. The Kier molecular flexibility index (Phi) is 6.14. The Morgan fingerprint density at radius 1 is 1.03 bits per heavy atom. The van der Waals surface area contributed by atoms with E-state index in [0.29, 0.717) is 35.2 Å². The molecule has 0 spiro atoms. The summed E-state index contributed by atoms with van der Waals surface area (Å²) in [4.78, 5) is 21.1. The van der Waals surface area contributed by atoms with Crippen molar-refractivity contribution >= 4 is 27.3 Å². The molecule has 0 radical (unpaired) electrons. The number of aryl methyl sites for hydroxylation is 2. The lowest BCUT2D eigenvalue weighted by Gasteiger charge is -2.40. The molecule has 0 atom stereocenters. The fraction of sp³-hybridized carbons (Fsp3) is 0.773. The lowest BCUT2D eigenvalue weighted by atomic mass is 9.70. The highest BCUT2D eigenvalue weighted by Gasteiger charge is 2.43. The Balaban J connectivity index is 1.41. The van der Waals surface area contributed by atoms with Gasteiger partial charge in [-0.05, 0) is 87.6 Å². The van der Waals surface area contributed by atoms with E-state index in [1.165, 1.54) is 12.8 Å². The van der Waals surface area contributed by atoms with Gasteiger partial charge in [-0.25, -0.2) is 18.4 Å². The minimum atomic E-state index is -2.99. The van der Waals surface area contributed by atoms with Gasteiger partial charge in [0.15, 0.2) is 9.84 Å². The molecule has 30 heavy (non-hydrogen) atoms. The largest absolute Gasteiger partial charge is 0.351 e. The number of halogens is 1. The van der Waals surface area contributed by atoms with E-state index in [1.54, 1.807) is 13.8 Å². The molecule has 1 N–H and O–H groups in total. The van der Waals surface area contributed by atoms with E-state index in [4.69, 9.17) is 11.6 Å². The Labute approximate surface area is 184 Å². The average molecular weight is 454 g/mol. The van der Waals surface area contributed by atoms with Gasteiger partial charge >= 0.3 is 0 Å². The van der Waals surface area contributed by atoms with Crippen molar-refractivity contribution in [1.82, 2.24) is 15.3 Å². The first-order valence-corrected chi connectivity index (χ1v) is 13.3. The van der Waals surface area contributed by atoms with Crippen molar-refractivity contribution in [3.05, 3.63) is 22.2 Å². The van der Waals surface area contributed by atoms with Crippen LogP contribution >= 0.6 is 11.6 Å². The minimum absolute atomic E-state index is 0.00246.